The van der Waals surface area contributed by atoms with E-state index in [4.69, 9.17) is 28.2 Å². The molecular formula is C24H31NO9. The average Bonchev–Trinajstić information content (AvgIpc) is 2.82. The fourth-order valence-electron chi connectivity index (χ4n) is 4.02. The standard InChI is InChI=1S/C24H31NO9/c1-7-11-31-21-14-9-10-16(12(3)20(14)34-23(28)17(21)13(4)25-30-6)33-24-19(27)18(26)22(29-5)15(8-2)32-24/h7,9-10,15,18-19,22,24,26-27H,1,8,11H2,2-6H3/b25-13-/t15-,18-,19+,22-,24?/m0/s1. The molecule has 1 aliphatic heterocycles. The van der Waals surface area contributed by atoms with Gasteiger partial charge in [0.1, 0.15) is 54.7 Å². The molecule has 10 heteroatoms. The maximum atomic E-state index is 12.9. The Morgan fingerprint density at radius 3 is 2.62 bits per heavy atom. The maximum absolute atomic E-state index is 12.9. The van der Waals surface area contributed by atoms with Gasteiger partial charge in [0.2, 0.25) is 6.29 Å². The quantitative estimate of drug-likeness (QED) is 0.242. The van der Waals surface area contributed by atoms with Crippen molar-refractivity contribution in [1.82, 2.24) is 0 Å². The molecule has 1 fully saturated rings. The summed E-state index contributed by atoms with van der Waals surface area (Å²) in [6.45, 7) is 9.00. The highest BCUT2D eigenvalue weighted by Crippen LogP contribution is 2.36. The van der Waals surface area contributed by atoms with Gasteiger partial charge in [-0.2, -0.15) is 0 Å². The third-order valence-corrected chi connectivity index (χ3v) is 5.72. The molecule has 0 aliphatic carbocycles. The summed E-state index contributed by atoms with van der Waals surface area (Å²) >= 11 is 0. The van der Waals surface area contributed by atoms with E-state index in [0.29, 0.717) is 28.8 Å². The summed E-state index contributed by atoms with van der Waals surface area (Å²) in [6, 6.07) is 3.32. The summed E-state index contributed by atoms with van der Waals surface area (Å²) in [6.07, 6.45) is -2.76. The topological polar surface area (TPSA) is 129 Å². The molecule has 34 heavy (non-hydrogen) atoms. The van der Waals surface area contributed by atoms with Crippen LogP contribution in [0.5, 0.6) is 11.5 Å². The minimum atomic E-state index is -1.35. The number of nitrogens with zero attached hydrogens (tertiary/aromatic N) is 1. The van der Waals surface area contributed by atoms with Gasteiger partial charge in [-0.1, -0.05) is 24.7 Å². The Balaban J connectivity index is 2.06. The first-order valence-electron chi connectivity index (χ1n) is 10.9. The number of benzene rings is 1. The van der Waals surface area contributed by atoms with E-state index in [1.807, 2.05) is 6.92 Å². The van der Waals surface area contributed by atoms with Crippen LogP contribution in [0.25, 0.3) is 11.0 Å². The number of rotatable bonds is 9. The van der Waals surface area contributed by atoms with Crippen molar-refractivity contribution in [3.8, 4) is 11.5 Å². The van der Waals surface area contributed by atoms with Crippen molar-refractivity contribution in [3.05, 3.63) is 46.3 Å². The summed E-state index contributed by atoms with van der Waals surface area (Å²) in [4.78, 5) is 17.7. The van der Waals surface area contributed by atoms with E-state index in [1.165, 1.54) is 14.2 Å². The molecule has 5 atom stereocenters. The number of aryl methyl sites for hydroxylation is 1. The van der Waals surface area contributed by atoms with Crippen LogP contribution in [0.1, 0.15) is 31.4 Å². The lowest BCUT2D eigenvalue weighted by atomic mass is 9.97. The third kappa shape index (κ3) is 4.80. The van der Waals surface area contributed by atoms with Crippen LogP contribution >= 0.6 is 0 Å². The fourth-order valence-corrected chi connectivity index (χ4v) is 4.02. The Hall–Kier alpha value is -2.92. The van der Waals surface area contributed by atoms with Gasteiger partial charge in [-0.3, -0.25) is 0 Å². The molecule has 2 heterocycles. The van der Waals surface area contributed by atoms with Crippen molar-refractivity contribution in [2.45, 2.75) is 57.9 Å². The maximum Gasteiger partial charge on any atom is 0.349 e. The van der Waals surface area contributed by atoms with E-state index >= 15 is 0 Å². The Morgan fingerprint density at radius 1 is 1.26 bits per heavy atom. The predicted octanol–water partition coefficient (Wildman–Crippen LogP) is 2.29. The minimum Gasteiger partial charge on any atom is -0.488 e. The monoisotopic (exact) mass is 477 g/mol. The number of methoxy groups -OCH3 is 1. The Bertz CT molecular complexity index is 1110. The van der Waals surface area contributed by atoms with Crippen LogP contribution in [0, 0.1) is 6.92 Å². The van der Waals surface area contributed by atoms with Crippen molar-refractivity contribution in [1.29, 1.82) is 0 Å². The fraction of sp³-hybridized carbons (Fsp3) is 0.500. The van der Waals surface area contributed by atoms with Gasteiger partial charge < -0.3 is 38.4 Å². The van der Waals surface area contributed by atoms with E-state index in [0.717, 1.165) is 0 Å². The van der Waals surface area contributed by atoms with Crippen LogP contribution in [0.3, 0.4) is 0 Å². The Labute approximate surface area is 197 Å². The Kier molecular flexibility index (Phi) is 8.32. The van der Waals surface area contributed by atoms with Crippen LogP contribution in [-0.4, -0.2) is 67.5 Å². The van der Waals surface area contributed by atoms with Crippen molar-refractivity contribution in [3.63, 3.8) is 0 Å². The van der Waals surface area contributed by atoms with Crippen LogP contribution in [0.15, 0.2) is 39.2 Å². The minimum absolute atomic E-state index is 0.134. The summed E-state index contributed by atoms with van der Waals surface area (Å²) in [5.41, 5.74) is 0.487. The van der Waals surface area contributed by atoms with Gasteiger partial charge in [0.05, 0.1) is 17.2 Å². The molecule has 1 aliphatic rings. The molecule has 1 saturated heterocycles. The van der Waals surface area contributed by atoms with E-state index in [9.17, 15) is 15.0 Å². The zero-order valence-electron chi connectivity index (χ0n) is 19.9. The van der Waals surface area contributed by atoms with Gasteiger partial charge >= 0.3 is 5.63 Å². The first-order valence-corrected chi connectivity index (χ1v) is 10.9. The molecule has 2 N–H and O–H groups in total. The molecule has 0 amide bonds. The number of oxime groups is 1. The molecule has 1 aromatic carbocycles. The molecule has 0 saturated carbocycles. The molecular weight excluding hydrogens is 446 g/mol. The molecule has 1 unspecified atom stereocenters. The zero-order chi connectivity index (χ0) is 25.0. The third-order valence-electron chi connectivity index (χ3n) is 5.72. The Morgan fingerprint density at radius 2 is 2.00 bits per heavy atom. The van der Waals surface area contributed by atoms with Gasteiger partial charge in [0, 0.05) is 12.7 Å². The number of aliphatic hydroxyl groups is 2. The molecule has 0 radical (unpaired) electrons. The lowest BCUT2D eigenvalue weighted by molar-refractivity contribution is -0.277. The van der Waals surface area contributed by atoms with E-state index < -0.39 is 36.3 Å². The van der Waals surface area contributed by atoms with Gasteiger partial charge in [-0.15, -0.1) is 0 Å². The lowest BCUT2D eigenvalue weighted by Crippen LogP contribution is -2.59. The molecule has 186 valence electrons. The van der Waals surface area contributed by atoms with E-state index in [2.05, 4.69) is 11.7 Å². The number of hydrogen-bond donors (Lipinski definition) is 2. The second kappa shape index (κ2) is 11.0. The average molecular weight is 478 g/mol. The normalized spacial score (nSPS) is 25.3. The van der Waals surface area contributed by atoms with Crippen molar-refractivity contribution in [2.75, 3.05) is 20.8 Å². The first kappa shape index (κ1) is 25.7. The SMILES string of the molecule is C=CCOc1c(/C(C)=N\OC)c(=O)oc2c(C)c(OC3O[C@@H](CC)[C@H](OC)[C@@H](O)[C@H]3O)ccc12. The van der Waals surface area contributed by atoms with Crippen molar-refractivity contribution >= 4 is 16.7 Å². The van der Waals surface area contributed by atoms with Crippen molar-refractivity contribution in [2.24, 2.45) is 5.16 Å². The summed E-state index contributed by atoms with van der Waals surface area (Å²) in [5, 5.41) is 25.4. The van der Waals surface area contributed by atoms with Crippen LogP contribution in [0.2, 0.25) is 0 Å². The molecule has 0 bridgehead atoms. The highest BCUT2D eigenvalue weighted by Gasteiger charge is 2.45. The second-order valence-electron chi connectivity index (χ2n) is 7.87. The summed E-state index contributed by atoms with van der Waals surface area (Å²) < 4.78 is 28.5. The largest absolute Gasteiger partial charge is 0.488 e. The van der Waals surface area contributed by atoms with Gasteiger partial charge in [0.25, 0.3) is 0 Å². The summed E-state index contributed by atoms with van der Waals surface area (Å²) in [7, 11) is 2.82. The van der Waals surface area contributed by atoms with Crippen molar-refractivity contribution < 1.29 is 38.4 Å². The molecule has 2 aromatic rings. The van der Waals surface area contributed by atoms with E-state index in [1.54, 1.807) is 32.1 Å². The van der Waals surface area contributed by atoms with Crippen LogP contribution in [0.4, 0.5) is 0 Å². The lowest BCUT2D eigenvalue weighted by Gasteiger charge is -2.41. The molecule has 0 spiro atoms. The predicted molar refractivity (Wildman–Crippen MR) is 125 cm³/mol. The van der Waals surface area contributed by atoms with Crippen LogP contribution in [-0.2, 0) is 14.3 Å². The van der Waals surface area contributed by atoms with Crippen LogP contribution < -0.4 is 15.1 Å². The van der Waals surface area contributed by atoms with Gasteiger partial charge in [-0.05, 0) is 32.4 Å². The number of hydrogen-bond acceptors (Lipinski definition) is 10. The first-order chi connectivity index (χ1) is 16.3. The highest BCUT2D eigenvalue weighted by molar-refractivity contribution is 6.05. The number of aliphatic hydroxyl groups excluding tert-OH is 2. The molecule has 3 rings (SSSR count). The highest BCUT2D eigenvalue weighted by atomic mass is 16.7. The number of ether oxygens (including phenoxy) is 4. The smallest absolute Gasteiger partial charge is 0.349 e. The van der Waals surface area contributed by atoms with E-state index in [-0.39, 0.29) is 23.5 Å². The second-order valence-corrected chi connectivity index (χ2v) is 7.87. The zero-order valence-corrected chi connectivity index (χ0v) is 19.9. The number of fused-ring (bicyclic) bond motifs is 1. The van der Waals surface area contributed by atoms with Gasteiger partial charge in [0.15, 0.2) is 0 Å². The molecule has 1 aromatic heterocycles. The van der Waals surface area contributed by atoms with Gasteiger partial charge in [-0.25, -0.2) is 4.79 Å². The molecule has 10 nitrogen and oxygen atoms in total. The summed E-state index contributed by atoms with van der Waals surface area (Å²) in [5.74, 6) is 0.583.